The number of benzene rings is 1. The number of esters is 1. The summed E-state index contributed by atoms with van der Waals surface area (Å²) in [7, 11) is 1.20. The van der Waals surface area contributed by atoms with E-state index in [9.17, 15) is 13.6 Å². The summed E-state index contributed by atoms with van der Waals surface area (Å²) in [6.45, 7) is 0. The Labute approximate surface area is 84.9 Å². The highest BCUT2D eigenvalue weighted by Crippen LogP contribution is 2.15. The van der Waals surface area contributed by atoms with Crippen LogP contribution < -0.4 is 4.74 Å². The second-order valence-corrected chi connectivity index (χ2v) is 2.55. The lowest BCUT2D eigenvalue weighted by Crippen LogP contribution is -1.95. The molecule has 1 aromatic carbocycles. The van der Waals surface area contributed by atoms with Crippen molar-refractivity contribution in [1.82, 2.24) is 0 Å². The summed E-state index contributed by atoms with van der Waals surface area (Å²) in [4.78, 5) is 10.6. The van der Waals surface area contributed by atoms with Crippen LogP contribution in [0.25, 0.3) is 0 Å². The predicted molar refractivity (Wildman–Crippen MR) is 48.1 cm³/mol. The molecule has 0 N–H and O–H groups in total. The van der Waals surface area contributed by atoms with Crippen LogP contribution in [0.1, 0.15) is 0 Å². The number of hydrogen-bond donors (Lipinski definition) is 0. The summed E-state index contributed by atoms with van der Waals surface area (Å²) in [5, 5.41) is 0. The molecule has 0 radical (unpaired) electrons. The van der Waals surface area contributed by atoms with E-state index >= 15 is 0 Å². The third kappa shape index (κ3) is 3.76. The molecule has 0 bridgehead atoms. The topological polar surface area (TPSA) is 35.5 Å². The molecule has 0 aliphatic carbocycles. The van der Waals surface area contributed by atoms with E-state index in [4.69, 9.17) is 4.74 Å². The molecule has 5 heteroatoms. The van der Waals surface area contributed by atoms with Crippen molar-refractivity contribution in [2.75, 3.05) is 7.11 Å². The van der Waals surface area contributed by atoms with Crippen LogP contribution in [0.2, 0.25) is 0 Å². The monoisotopic (exact) mass is 214 g/mol. The van der Waals surface area contributed by atoms with Crippen LogP contribution >= 0.6 is 0 Å². The molecule has 0 aliphatic heterocycles. The normalized spacial score (nSPS) is 10.3. The van der Waals surface area contributed by atoms with E-state index in [2.05, 4.69) is 4.74 Å². The van der Waals surface area contributed by atoms with Crippen molar-refractivity contribution < 1.29 is 23.0 Å². The third-order valence-electron chi connectivity index (χ3n) is 1.45. The molecule has 0 amide bonds. The fourth-order valence-corrected chi connectivity index (χ4v) is 0.833. The van der Waals surface area contributed by atoms with E-state index in [1.165, 1.54) is 7.11 Å². The van der Waals surface area contributed by atoms with Gasteiger partial charge in [0.1, 0.15) is 17.4 Å². The molecule has 0 heterocycles. The zero-order chi connectivity index (χ0) is 11.3. The molecule has 0 atom stereocenters. The largest absolute Gasteiger partial charge is 0.466 e. The van der Waals surface area contributed by atoms with Crippen molar-refractivity contribution in [3.8, 4) is 5.75 Å². The van der Waals surface area contributed by atoms with Crippen LogP contribution in [0.5, 0.6) is 5.75 Å². The molecule has 1 rings (SSSR count). The third-order valence-corrected chi connectivity index (χ3v) is 1.45. The Balaban J connectivity index is 2.65. The molecular weight excluding hydrogens is 206 g/mol. The SMILES string of the molecule is COC(=O)/C=C/Oc1cc(F)cc(F)c1. The molecule has 0 saturated heterocycles. The van der Waals surface area contributed by atoms with Crippen molar-refractivity contribution in [1.29, 1.82) is 0 Å². The molecule has 0 aliphatic rings. The van der Waals surface area contributed by atoms with Gasteiger partial charge in [-0.2, -0.15) is 0 Å². The number of rotatable bonds is 3. The average Bonchev–Trinajstić information content (AvgIpc) is 2.16. The minimum Gasteiger partial charge on any atom is -0.466 e. The predicted octanol–water partition coefficient (Wildman–Crippen LogP) is 2.03. The second-order valence-electron chi connectivity index (χ2n) is 2.55. The van der Waals surface area contributed by atoms with Crippen LogP contribution in [0.15, 0.2) is 30.5 Å². The van der Waals surface area contributed by atoms with E-state index in [-0.39, 0.29) is 5.75 Å². The van der Waals surface area contributed by atoms with Gasteiger partial charge in [0, 0.05) is 18.2 Å². The molecular formula is C10H8F2O3. The lowest BCUT2D eigenvalue weighted by atomic mass is 10.3. The number of carbonyl (C=O) groups is 1. The van der Waals surface area contributed by atoms with Crippen LogP contribution in [-0.4, -0.2) is 13.1 Å². The quantitative estimate of drug-likeness (QED) is 0.438. The van der Waals surface area contributed by atoms with Crippen LogP contribution in [-0.2, 0) is 9.53 Å². The van der Waals surface area contributed by atoms with Gasteiger partial charge in [0.2, 0.25) is 0 Å². The number of ether oxygens (including phenoxy) is 2. The number of hydrogen-bond acceptors (Lipinski definition) is 3. The molecule has 0 spiro atoms. The van der Waals surface area contributed by atoms with E-state index in [0.717, 1.165) is 30.5 Å². The Morgan fingerprint density at radius 1 is 1.27 bits per heavy atom. The highest BCUT2D eigenvalue weighted by Gasteiger charge is 2.00. The Hall–Kier alpha value is -1.91. The zero-order valence-corrected chi connectivity index (χ0v) is 7.87. The minimum atomic E-state index is -0.753. The Morgan fingerprint density at radius 3 is 2.40 bits per heavy atom. The van der Waals surface area contributed by atoms with Gasteiger partial charge in [-0.15, -0.1) is 0 Å². The summed E-state index contributed by atoms with van der Waals surface area (Å²) >= 11 is 0. The Morgan fingerprint density at radius 2 is 1.87 bits per heavy atom. The van der Waals surface area contributed by atoms with Gasteiger partial charge in [0.25, 0.3) is 0 Å². The molecule has 80 valence electrons. The highest BCUT2D eigenvalue weighted by molar-refractivity contribution is 5.81. The number of halogens is 2. The summed E-state index contributed by atoms with van der Waals surface area (Å²) < 4.78 is 34.3. The molecule has 0 fully saturated rings. The first-order valence-corrected chi connectivity index (χ1v) is 3.99. The fourth-order valence-electron chi connectivity index (χ4n) is 0.833. The van der Waals surface area contributed by atoms with Crippen molar-refractivity contribution >= 4 is 5.97 Å². The molecule has 15 heavy (non-hydrogen) atoms. The summed E-state index contributed by atoms with van der Waals surface area (Å²) in [5.74, 6) is -2.16. The van der Waals surface area contributed by atoms with Gasteiger partial charge >= 0.3 is 5.97 Å². The average molecular weight is 214 g/mol. The van der Waals surface area contributed by atoms with Gasteiger partial charge in [0.05, 0.1) is 19.4 Å². The molecule has 3 nitrogen and oxygen atoms in total. The van der Waals surface area contributed by atoms with Crippen LogP contribution in [0.3, 0.4) is 0 Å². The molecule has 0 unspecified atom stereocenters. The number of carbonyl (C=O) groups excluding carboxylic acids is 1. The van der Waals surface area contributed by atoms with Crippen molar-refractivity contribution in [2.24, 2.45) is 0 Å². The van der Waals surface area contributed by atoms with Gasteiger partial charge in [-0.3, -0.25) is 0 Å². The first-order valence-electron chi connectivity index (χ1n) is 3.99. The summed E-state index contributed by atoms with van der Waals surface area (Å²) in [6, 6.07) is 2.70. The lowest BCUT2D eigenvalue weighted by molar-refractivity contribution is -0.134. The zero-order valence-electron chi connectivity index (χ0n) is 7.87. The highest BCUT2D eigenvalue weighted by atomic mass is 19.1. The van der Waals surface area contributed by atoms with E-state index < -0.39 is 17.6 Å². The van der Waals surface area contributed by atoms with Gasteiger partial charge in [0.15, 0.2) is 0 Å². The maximum atomic E-state index is 12.6. The van der Waals surface area contributed by atoms with Gasteiger partial charge in [-0.25, -0.2) is 13.6 Å². The summed E-state index contributed by atoms with van der Waals surface area (Å²) in [6.07, 6.45) is 1.98. The first kappa shape index (κ1) is 11.2. The van der Waals surface area contributed by atoms with Crippen molar-refractivity contribution in [2.45, 2.75) is 0 Å². The van der Waals surface area contributed by atoms with Crippen LogP contribution in [0, 0.1) is 11.6 Å². The maximum absolute atomic E-state index is 12.6. The summed E-state index contributed by atoms with van der Waals surface area (Å²) in [5.41, 5.74) is 0. The van der Waals surface area contributed by atoms with Gasteiger partial charge in [-0.05, 0) is 0 Å². The Bertz CT molecular complexity index is 368. The maximum Gasteiger partial charge on any atom is 0.333 e. The minimum absolute atomic E-state index is 0.0346. The standard InChI is InChI=1S/C10H8F2O3/c1-14-10(13)2-3-15-9-5-7(11)4-8(12)6-9/h2-6H,1H3/b3-2+. The van der Waals surface area contributed by atoms with E-state index in [1.807, 2.05) is 0 Å². The van der Waals surface area contributed by atoms with Crippen molar-refractivity contribution in [3.63, 3.8) is 0 Å². The molecule has 0 aromatic heterocycles. The first-order chi connectivity index (χ1) is 7.11. The van der Waals surface area contributed by atoms with Gasteiger partial charge in [-0.1, -0.05) is 0 Å². The van der Waals surface area contributed by atoms with Crippen LogP contribution in [0.4, 0.5) is 8.78 Å². The number of methoxy groups -OCH3 is 1. The smallest absolute Gasteiger partial charge is 0.333 e. The van der Waals surface area contributed by atoms with E-state index in [0.29, 0.717) is 0 Å². The van der Waals surface area contributed by atoms with Crippen molar-refractivity contribution in [3.05, 3.63) is 42.2 Å². The second kappa shape index (κ2) is 5.09. The lowest BCUT2D eigenvalue weighted by Gasteiger charge is -1.99. The van der Waals surface area contributed by atoms with Gasteiger partial charge < -0.3 is 9.47 Å². The fraction of sp³-hybridized carbons (Fsp3) is 0.100. The molecule has 0 saturated carbocycles. The van der Waals surface area contributed by atoms with E-state index in [1.54, 1.807) is 0 Å². The molecule has 1 aromatic rings. The Kier molecular flexibility index (Phi) is 3.79.